The van der Waals surface area contributed by atoms with Crippen LogP contribution in [0.25, 0.3) is 0 Å². The second-order valence-electron chi connectivity index (χ2n) is 5.11. The lowest BCUT2D eigenvalue weighted by Crippen LogP contribution is -2.33. The predicted molar refractivity (Wildman–Crippen MR) is 99.2 cm³/mol. The molecule has 124 valence electrons. The van der Waals surface area contributed by atoms with Crippen molar-refractivity contribution in [2.24, 2.45) is 5.10 Å². The quantitative estimate of drug-likeness (QED) is 0.365. The van der Waals surface area contributed by atoms with Crippen molar-refractivity contribution >= 4 is 28.7 Å². The first-order chi connectivity index (χ1) is 11.6. The Morgan fingerprint density at radius 2 is 1.96 bits per heavy atom. The van der Waals surface area contributed by atoms with Crippen molar-refractivity contribution in [2.45, 2.75) is 13.3 Å². The molecule has 0 aromatic heterocycles. The highest BCUT2D eigenvalue weighted by Crippen LogP contribution is 2.13. The van der Waals surface area contributed by atoms with E-state index in [1.165, 1.54) is 17.7 Å². The summed E-state index contributed by atoms with van der Waals surface area (Å²) in [6, 6.07) is 16.4. The molecule has 7 heteroatoms. The van der Waals surface area contributed by atoms with Crippen LogP contribution in [0.4, 0.5) is 5.69 Å². The van der Waals surface area contributed by atoms with Gasteiger partial charge in [-0.1, -0.05) is 42.5 Å². The minimum Gasteiger partial charge on any atom is -0.361 e. The Kier molecular flexibility index (Phi) is 6.39. The molecule has 6 nitrogen and oxygen atoms in total. The highest BCUT2D eigenvalue weighted by atomic mass is 32.1. The largest absolute Gasteiger partial charge is 0.361 e. The molecule has 2 aromatic rings. The fraction of sp³-hybridized carbons (Fsp3) is 0.176. The lowest BCUT2D eigenvalue weighted by Gasteiger charge is -2.08. The van der Waals surface area contributed by atoms with E-state index in [4.69, 9.17) is 12.2 Å². The number of hydrogen-bond donors (Lipinski definition) is 2. The molecule has 0 saturated carbocycles. The Bertz CT molecular complexity index is 747. The summed E-state index contributed by atoms with van der Waals surface area (Å²) in [5, 5.41) is 18.4. The van der Waals surface area contributed by atoms with Gasteiger partial charge in [0.15, 0.2) is 5.11 Å². The van der Waals surface area contributed by atoms with Crippen LogP contribution in [0.1, 0.15) is 18.1 Å². The van der Waals surface area contributed by atoms with Crippen molar-refractivity contribution in [2.75, 3.05) is 6.54 Å². The molecule has 0 amide bonds. The first-order valence-electron chi connectivity index (χ1n) is 7.43. The molecule has 0 radical (unpaired) electrons. The Balaban J connectivity index is 1.84. The van der Waals surface area contributed by atoms with Gasteiger partial charge < -0.3 is 5.32 Å². The van der Waals surface area contributed by atoms with Crippen LogP contribution in [0, 0.1) is 10.1 Å². The molecule has 0 fully saturated rings. The molecule has 0 aliphatic carbocycles. The molecule has 2 N–H and O–H groups in total. The summed E-state index contributed by atoms with van der Waals surface area (Å²) >= 11 is 5.17. The van der Waals surface area contributed by atoms with Crippen molar-refractivity contribution in [3.05, 3.63) is 75.8 Å². The van der Waals surface area contributed by atoms with Gasteiger partial charge in [-0.2, -0.15) is 5.10 Å². The zero-order valence-electron chi connectivity index (χ0n) is 13.2. The summed E-state index contributed by atoms with van der Waals surface area (Å²) in [6.45, 7) is 2.46. The number of nitro benzene ring substituents is 1. The molecule has 0 bridgehead atoms. The average Bonchev–Trinajstić information content (AvgIpc) is 2.60. The number of rotatable bonds is 6. The van der Waals surface area contributed by atoms with Crippen LogP contribution in [-0.4, -0.2) is 22.3 Å². The van der Waals surface area contributed by atoms with Gasteiger partial charge in [0, 0.05) is 24.2 Å². The van der Waals surface area contributed by atoms with Crippen molar-refractivity contribution in [1.82, 2.24) is 10.7 Å². The van der Waals surface area contributed by atoms with E-state index in [9.17, 15) is 10.1 Å². The van der Waals surface area contributed by atoms with E-state index in [1.54, 1.807) is 19.1 Å². The monoisotopic (exact) mass is 342 g/mol. The summed E-state index contributed by atoms with van der Waals surface area (Å²) < 4.78 is 0. The van der Waals surface area contributed by atoms with Gasteiger partial charge in [0.1, 0.15) is 0 Å². The minimum absolute atomic E-state index is 0.0330. The van der Waals surface area contributed by atoms with Gasteiger partial charge >= 0.3 is 0 Å². The van der Waals surface area contributed by atoms with Crippen molar-refractivity contribution in [3.63, 3.8) is 0 Å². The zero-order valence-corrected chi connectivity index (χ0v) is 14.0. The molecule has 0 heterocycles. The summed E-state index contributed by atoms with van der Waals surface area (Å²) in [5.41, 5.74) is 5.30. The first-order valence-corrected chi connectivity index (χ1v) is 7.84. The summed E-state index contributed by atoms with van der Waals surface area (Å²) in [5.74, 6) is 0. The van der Waals surface area contributed by atoms with E-state index in [2.05, 4.69) is 28.0 Å². The number of hydrogen-bond acceptors (Lipinski definition) is 4. The Morgan fingerprint density at radius 3 is 2.67 bits per heavy atom. The van der Waals surface area contributed by atoms with E-state index in [1.807, 2.05) is 18.2 Å². The lowest BCUT2D eigenvalue weighted by molar-refractivity contribution is -0.384. The number of hydrazone groups is 1. The Morgan fingerprint density at radius 1 is 1.21 bits per heavy atom. The van der Waals surface area contributed by atoms with Crippen LogP contribution in [0.2, 0.25) is 0 Å². The lowest BCUT2D eigenvalue weighted by atomic mass is 10.1. The van der Waals surface area contributed by atoms with Gasteiger partial charge in [0.25, 0.3) is 5.69 Å². The smallest absolute Gasteiger partial charge is 0.270 e. The fourth-order valence-electron chi connectivity index (χ4n) is 2.05. The van der Waals surface area contributed by atoms with E-state index in [0.717, 1.165) is 6.42 Å². The molecule has 0 aliphatic rings. The number of non-ortho nitro benzene ring substituents is 1. The standard InChI is InChI=1S/C17H18N4O2S/c1-13(15-8-5-9-16(12-15)21(22)23)19-20-17(24)18-11-10-14-6-3-2-4-7-14/h2-9,12H,10-11H2,1H3,(H2,18,20,24)/b19-13+. The fourth-order valence-corrected chi connectivity index (χ4v) is 2.20. The van der Waals surface area contributed by atoms with Crippen LogP contribution in [0.15, 0.2) is 59.7 Å². The maximum absolute atomic E-state index is 10.8. The topological polar surface area (TPSA) is 79.6 Å². The number of nitro groups is 1. The maximum Gasteiger partial charge on any atom is 0.270 e. The zero-order chi connectivity index (χ0) is 17.4. The molecule has 0 aliphatic heterocycles. The second-order valence-corrected chi connectivity index (χ2v) is 5.52. The van der Waals surface area contributed by atoms with Gasteiger partial charge in [0.05, 0.1) is 10.6 Å². The van der Waals surface area contributed by atoms with Gasteiger partial charge in [-0.25, -0.2) is 0 Å². The van der Waals surface area contributed by atoms with Crippen molar-refractivity contribution < 1.29 is 4.92 Å². The Labute approximate surface area is 145 Å². The van der Waals surface area contributed by atoms with Crippen molar-refractivity contribution in [3.8, 4) is 0 Å². The van der Waals surface area contributed by atoms with Crippen molar-refractivity contribution in [1.29, 1.82) is 0 Å². The molecule has 24 heavy (non-hydrogen) atoms. The highest BCUT2D eigenvalue weighted by Gasteiger charge is 2.07. The molecule has 2 aromatic carbocycles. The number of nitrogens with one attached hydrogen (secondary N) is 2. The Hall–Kier alpha value is -2.80. The normalized spacial score (nSPS) is 11.0. The minimum atomic E-state index is -0.431. The number of nitrogens with zero attached hydrogens (tertiary/aromatic N) is 2. The summed E-state index contributed by atoms with van der Waals surface area (Å²) in [7, 11) is 0. The first kappa shape index (κ1) is 17.6. The van der Waals surface area contributed by atoms with Crippen LogP contribution in [0.3, 0.4) is 0 Å². The maximum atomic E-state index is 10.8. The average molecular weight is 342 g/mol. The molecular weight excluding hydrogens is 324 g/mol. The molecule has 0 atom stereocenters. The van der Waals surface area contributed by atoms with E-state index < -0.39 is 4.92 Å². The third-order valence-electron chi connectivity index (χ3n) is 3.34. The number of thiocarbonyl (C=S) groups is 1. The second kappa shape index (κ2) is 8.73. The van der Waals surface area contributed by atoms with E-state index in [-0.39, 0.29) is 5.69 Å². The SMILES string of the molecule is C/C(=N\NC(=S)NCCc1ccccc1)c1cccc([N+](=O)[O-])c1. The third kappa shape index (κ3) is 5.44. The van der Waals surface area contributed by atoms with Crippen LogP contribution >= 0.6 is 12.2 Å². The molecule has 2 rings (SSSR count). The van der Waals surface area contributed by atoms with Crippen LogP contribution in [-0.2, 0) is 6.42 Å². The van der Waals surface area contributed by atoms with Crippen LogP contribution in [0.5, 0.6) is 0 Å². The molecular formula is C17H18N4O2S. The molecule has 0 unspecified atom stereocenters. The van der Waals surface area contributed by atoms with Gasteiger partial charge in [0.2, 0.25) is 0 Å². The third-order valence-corrected chi connectivity index (χ3v) is 3.58. The van der Waals surface area contributed by atoms with E-state index in [0.29, 0.717) is 22.9 Å². The van der Waals surface area contributed by atoms with Crippen LogP contribution < -0.4 is 10.7 Å². The summed E-state index contributed by atoms with van der Waals surface area (Å²) in [6.07, 6.45) is 0.857. The van der Waals surface area contributed by atoms with Gasteiger partial charge in [-0.05, 0) is 31.1 Å². The molecule has 0 spiro atoms. The van der Waals surface area contributed by atoms with Gasteiger partial charge in [-0.3, -0.25) is 15.5 Å². The number of benzene rings is 2. The van der Waals surface area contributed by atoms with Gasteiger partial charge in [-0.15, -0.1) is 0 Å². The van der Waals surface area contributed by atoms with E-state index >= 15 is 0 Å². The summed E-state index contributed by atoms with van der Waals surface area (Å²) in [4.78, 5) is 10.4. The highest BCUT2D eigenvalue weighted by molar-refractivity contribution is 7.80. The predicted octanol–water partition coefficient (Wildman–Crippen LogP) is 3.03. The molecule has 0 saturated heterocycles.